The zero-order valence-electron chi connectivity index (χ0n) is 13.7. The SMILES string of the molecule is CC1(C)CC(c2cc(-c3c[nH]c(=O)[nH]c3=O)nn3ccnc23)C(=O)N1. The molecular formula is C16H16N6O3. The van der Waals surface area contributed by atoms with Gasteiger partial charge in [-0.15, -0.1) is 0 Å². The summed E-state index contributed by atoms with van der Waals surface area (Å²) < 4.78 is 1.54. The monoisotopic (exact) mass is 340 g/mol. The van der Waals surface area contributed by atoms with Crippen LogP contribution < -0.4 is 16.6 Å². The van der Waals surface area contributed by atoms with E-state index in [0.717, 1.165) is 0 Å². The maximum atomic E-state index is 12.4. The lowest BCUT2D eigenvalue weighted by Gasteiger charge is -2.16. The van der Waals surface area contributed by atoms with Gasteiger partial charge >= 0.3 is 5.69 Å². The van der Waals surface area contributed by atoms with E-state index in [1.807, 2.05) is 13.8 Å². The van der Waals surface area contributed by atoms with E-state index in [4.69, 9.17) is 0 Å². The summed E-state index contributed by atoms with van der Waals surface area (Å²) in [6.07, 6.45) is 5.17. The minimum absolute atomic E-state index is 0.0811. The summed E-state index contributed by atoms with van der Waals surface area (Å²) in [5.74, 6) is -0.467. The van der Waals surface area contributed by atoms with Gasteiger partial charge in [0.05, 0.1) is 17.2 Å². The van der Waals surface area contributed by atoms with Crippen molar-refractivity contribution < 1.29 is 4.79 Å². The van der Waals surface area contributed by atoms with Crippen LogP contribution in [0.25, 0.3) is 16.9 Å². The fourth-order valence-corrected chi connectivity index (χ4v) is 3.26. The molecule has 1 saturated heterocycles. The van der Waals surface area contributed by atoms with E-state index in [1.165, 1.54) is 10.7 Å². The van der Waals surface area contributed by atoms with Gasteiger partial charge in [0.1, 0.15) is 0 Å². The Morgan fingerprint density at radius 1 is 1.28 bits per heavy atom. The number of hydrogen-bond acceptors (Lipinski definition) is 5. The van der Waals surface area contributed by atoms with Gasteiger partial charge in [0.25, 0.3) is 5.56 Å². The zero-order valence-corrected chi connectivity index (χ0v) is 13.7. The number of H-pyrrole nitrogens is 2. The molecule has 1 aliphatic heterocycles. The fourth-order valence-electron chi connectivity index (χ4n) is 3.26. The quantitative estimate of drug-likeness (QED) is 0.612. The van der Waals surface area contributed by atoms with Gasteiger partial charge < -0.3 is 10.3 Å². The second-order valence-electron chi connectivity index (χ2n) is 6.80. The molecule has 25 heavy (non-hydrogen) atoms. The number of nitrogens with one attached hydrogen (secondary N) is 3. The molecule has 1 aliphatic rings. The summed E-state index contributed by atoms with van der Waals surface area (Å²) in [4.78, 5) is 44.7. The Morgan fingerprint density at radius 3 is 2.76 bits per heavy atom. The largest absolute Gasteiger partial charge is 0.351 e. The van der Waals surface area contributed by atoms with Crippen LogP contribution in [0.4, 0.5) is 0 Å². The van der Waals surface area contributed by atoms with Crippen LogP contribution in [-0.2, 0) is 4.79 Å². The fraction of sp³-hybridized carbons (Fsp3) is 0.312. The van der Waals surface area contributed by atoms with Crippen molar-refractivity contribution in [3.63, 3.8) is 0 Å². The molecule has 0 radical (unpaired) electrons. The number of nitrogens with zero attached hydrogens (tertiary/aromatic N) is 3. The molecule has 0 saturated carbocycles. The smallest absolute Gasteiger partial charge is 0.325 e. The predicted molar refractivity (Wildman–Crippen MR) is 89.2 cm³/mol. The molecule has 9 nitrogen and oxygen atoms in total. The molecule has 3 aromatic heterocycles. The van der Waals surface area contributed by atoms with Crippen LogP contribution in [-0.4, -0.2) is 36.0 Å². The van der Waals surface area contributed by atoms with Crippen LogP contribution in [0.2, 0.25) is 0 Å². The Bertz CT molecular complexity index is 1110. The van der Waals surface area contributed by atoms with E-state index >= 15 is 0 Å². The normalized spacial score (nSPS) is 19.3. The van der Waals surface area contributed by atoms with Gasteiger partial charge in [-0.05, 0) is 26.3 Å². The number of carbonyl (C=O) groups is 1. The Morgan fingerprint density at radius 2 is 2.08 bits per heavy atom. The summed E-state index contributed by atoms with van der Waals surface area (Å²) in [6, 6.07) is 1.69. The third kappa shape index (κ3) is 2.53. The minimum Gasteiger partial charge on any atom is -0.351 e. The molecule has 0 spiro atoms. The van der Waals surface area contributed by atoms with Gasteiger partial charge in [0, 0.05) is 29.7 Å². The van der Waals surface area contributed by atoms with Crippen LogP contribution in [0, 0.1) is 0 Å². The predicted octanol–water partition coefficient (Wildman–Crippen LogP) is 0.155. The summed E-state index contributed by atoms with van der Waals surface area (Å²) in [5, 5.41) is 7.33. The number of amides is 1. The van der Waals surface area contributed by atoms with Gasteiger partial charge in [-0.25, -0.2) is 14.3 Å². The number of rotatable bonds is 2. The van der Waals surface area contributed by atoms with Crippen molar-refractivity contribution in [2.75, 3.05) is 0 Å². The summed E-state index contributed by atoms with van der Waals surface area (Å²) in [5.41, 5.74) is 0.396. The third-order valence-corrected chi connectivity index (χ3v) is 4.35. The molecule has 4 rings (SSSR count). The Kier molecular flexibility index (Phi) is 3.14. The molecule has 1 fully saturated rings. The van der Waals surface area contributed by atoms with Crippen molar-refractivity contribution in [2.45, 2.75) is 31.7 Å². The van der Waals surface area contributed by atoms with Crippen LogP contribution in [0.15, 0.2) is 34.2 Å². The number of imidazole rings is 1. The first kappa shape index (κ1) is 15.3. The molecule has 3 aromatic rings. The van der Waals surface area contributed by atoms with E-state index in [2.05, 4.69) is 25.4 Å². The highest BCUT2D eigenvalue weighted by Crippen LogP contribution is 2.35. The average Bonchev–Trinajstić information content (AvgIpc) is 3.09. The Labute approximate surface area is 141 Å². The topological polar surface area (TPSA) is 125 Å². The van der Waals surface area contributed by atoms with Gasteiger partial charge in [-0.2, -0.15) is 5.10 Å². The summed E-state index contributed by atoms with van der Waals surface area (Å²) in [7, 11) is 0. The molecule has 4 heterocycles. The number of aromatic amines is 2. The molecular weight excluding hydrogens is 324 g/mol. The van der Waals surface area contributed by atoms with E-state index in [0.29, 0.717) is 23.3 Å². The van der Waals surface area contributed by atoms with E-state index in [-0.39, 0.29) is 22.9 Å². The molecule has 1 atom stereocenters. The van der Waals surface area contributed by atoms with Crippen molar-refractivity contribution in [1.82, 2.24) is 29.9 Å². The first-order valence-electron chi connectivity index (χ1n) is 7.83. The van der Waals surface area contributed by atoms with Crippen LogP contribution in [0.5, 0.6) is 0 Å². The highest BCUT2D eigenvalue weighted by molar-refractivity contribution is 5.89. The molecule has 9 heteroatoms. The average molecular weight is 340 g/mol. The summed E-state index contributed by atoms with van der Waals surface area (Å²) in [6.45, 7) is 3.92. The number of aromatic nitrogens is 5. The molecule has 0 bridgehead atoms. The van der Waals surface area contributed by atoms with Crippen molar-refractivity contribution in [2.24, 2.45) is 0 Å². The molecule has 128 valence electrons. The highest BCUT2D eigenvalue weighted by Gasteiger charge is 2.39. The first-order valence-corrected chi connectivity index (χ1v) is 7.83. The zero-order chi connectivity index (χ0) is 17.8. The standard InChI is InChI=1S/C16H16N6O3/c1-16(2)6-9(14(24)20-16)8-5-11(21-22-4-3-17-12(8)22)10-7-18-15(25)19-13(10)23/h3-5,7,9H,6H2,1-2H3,(H,20,24)(H2,18,19,23,25). The second-order valence-corrected chi connectivity index (χ2v) is 6.80. The van der Waals surface area contributed by atoms with Crippen LogP contribution in [0.3, 0.4) is 0 Å². The lowest BCUT2D eigenvalue weighted by Crippen LogP contribution is -2.34. The number of fused-ring (bicyclic) bond motifs is 1. The first-order chi connectivity index (χ1) is 11.8. The molecule has 1 amide bonds. The van der Waals surface area contributed by atoms with Crippen molar-refractivity contribution >= 4 is 11.6 Å². The highest BCUT2D eigenvalue weighted by atomic mass is 16.2. The van der Waals surface area contributed by atoms with Crippen LogP contribution >= 0.6 is 0 Å². The Balaban J connectivity index is 1.93. The van der Waals surface area contributed by atoms with E-state index in [1.54, 1.807) is 18.5 Å². The van der Waals surface area contributed by atoms with Crippen LogP contribution in [0.1, 0.15) is 31.7 Å². The third-order valence-electron chi connectivity index (χ3n) is 4.35. The van der Waals surface area contributed by atoms with Crippen molar-refractivity contribution in [3.05, 3.63) is 51.1 Å². The second kappa shape index (κ2) is 5.13. The van der Waals surface area contributed by atoms with Crippen molar-refractivity contribution in [3.8, 4) is 11.3 Å². The van der Waals surface area contributed by atoms with Gasteiger partial charge in [0.15, 0.2) is 5.65 Å². The van der Waals surface area contributed by atoms with Gasteiger partial charge in [-0.3, -0.25) is 14.6 Å². The lowest BCUT2D eigenvalue weighted by atomic mass is 9.91. The molecule has 1 unspecified atom stereocenters. The Hall–Kier alpha value is -3.23. The molecule has 0 aromatic carbocycles. The maximum absolute atomic E-state index is 12.4. The minimum atomic E-state index is -0.588. The molecule has 3 N–H and O–H groups in total. The van der Waals surface area contributed by atoms with Gasteiger partial charge in [0.2, 0.25) is 5.91 Å². The number of carbonyl (C=O) groups excluding carboxylic acids is 1. The van der Waals surface area contributed by atoms with Gasteiger partial charge in [-0.1, -0.05) is 0 Å². The summed E-state index contributed by atoms with van der Waals surface area (Å²) >= 11 is 0. The van der Waals surface area contributed by atoms with E-state index in [9.17, 15) is 14.4 Å². The lowest BCUT2D eigenvalue weighted by molar-refractivity contribution is -0.120. The molecule has 0 aliphatic carbocycles. The van der Waals surface area contributed by atoms with Crippen molar-refractivity contribution in [1.29, 1.82) is 0 Å². The maximum Gasteiger partial charge on any atom is 0.325 e. The number of hydrogen-bond donors (Lipinski definition) is 3. The van der Waals surface area contributed by atoms with E-state index < -0.39 is 11.2 Å².